The van der Waals surface area contributed by atoms with Gasteiger partial charge in [0.25, 0.3) is 0 Å². The molecule has 0 spiro atoms. The molecule has 0 aromatic carbocycles. The van der Waals surface area contributed by atoms with Gasteiger partial charge in [0.2, 0.25) is 0 Å². The lowest BCUT2D eigenvalue weighted by Gasteiger charge is -2.18. The zero-order chi connectivity index (χ0) is 51.4. The maximum Gasteiger partial charge on any atom is 0.306 e. The van der Waals surface area contributed by atoms with Crippen molar-refractivity contribution in [3.63, 3.8) is 0 Å². The molecule has 0 aromatic rings. The molecular weight excluding hydrogens is 877 g/mol. The number of hydrogen-bond donors (Lipinski definition) is 0. The Bertz CT molecular complexity index is 1550. The van der Waals surface area contributed by atoms with E-state index in [0.29, 0.717) is 19.3 Å². The first-order valence-electron chi connectivity index (χ1n) is 28.7. The van der Waals surface area contributed by atoms with Crippen LogP contribution in [0.25, 0.3) is 0 Å². The van der Waals surface area contributed by atoms with Crippen LogP contribution in [0.4, 0.5) is 0 Å². The largest absolute Gasteiger partial charge is 0.462 e. The van der Waals surface area contributed by atoms with Crippen LogP contribution >= 0.6 is 0 Å². The van der Waals surface area contributed by atoms with Gasteiger partial charge in [0, 0.05) is 19.3 Å². The molecule has 0 rings (SSSR count). The zero-order valence-corrected chi connectivity index (χ0v) is 45.7. The highest BCUT2D eigenvalue weighted by Gasteiger charge is 2.19. The maximum atomic E-state index is 12.8. The van der Waals surface area contributed by atoms with Gasteiger partial charge in [-0.3, -0.25) is 14.4 Å². The SMILES string of the molecule is CC/C=C\C/C=C\C/C=C\C/C=C\C/C=C\CCCCCC(=O)OC[C@H](COC(=O)CC/C=C\C/C=C\C/C=C\C/C=C\C/C=C\CCCCC)OC(=O)CCCCCCC/C=C\CCCCCCCC. The van der Waals surface area contributed by atoms with Crippen LogP contribution in [0.5, 0.6) is 0 Å². The molecule has 1 atom stereocenters. The number of rotatable bonds is 50. The van der Waals surface area contributed by atoms with Crippen LogP contribution in [0.2, 0.25) is 0 Å². The molecule has 71 heavy (non-hydrogen) atoms. The molecule has 0 N–H and O–H groups in total. The predicted molar refractivity (Wildman–Crippen MR) is 306 cm³/mol. The first kappa shape index (κ1) is 66.6. The molecule has 0 radical (unpaired) electrons. The first-order valence-corrected chi connectivity index (χ1v) is 28.7. The van der Waals surface area contributed by atoms with Gasteiger partial charge in [-0.15, -0.1) is 0 Å². The van der Waals surface area contributed by atoms with E-state index >= 15 is 0 Å². The Morgan fingerprint density at radius 1 is 0.296 bits per heavy atom. The molecule has 0 aliphatic carbocycles. The molecule has 0 unspecified atom stereocenters. The van der Waals surface area contributed by atoms with Crippen LogP contribution in [0.1, 0.15) is 239 Å². The van der Waals surface area contributed by atoms with Crippen LogP contribution in [-0.4, -0.2) is 37.2 Å². The summed E-state index contributed by atoms with van der Waals surface area (Å²) in [5.74, 6) is -1.05. The van der Waals surface area contributed by atoms with Gasteiger partial charge in [-0.05, 0) is 128 Å². The third-order valence-electron chi connectivity index (χ3n) is 11.6. The monoisotopic (exact) mass is 981 g/mol. The van der Waals surface area contributed by atoms with E-state index in [-0.39, 0.29) is 37.5 Å². The highest BCUT2D eigenvalue weighted by molar-refractivity contribution is 5.71. The summed E-state index contributed by atoms with van der Waals surface area (Å²) in [6.07, 6.45) is 81.6. The third kappa shape index (κ3) is 56.3. The molecule has 6 nitrogen and oxygen atoms in total. The van der Waals surface area contributed by atoms with Crippen molar-refractivity contribution in [1.82, 2.24) is 0 Å². The lowest BCUT2D eigenvalue weighted by atomic mass is 10.1. The van der Waals surface area contributed by atoms with Gasteiger partial charge < -0.3 is 14.2 Å². The van der Waals surface area contributed by atoms with Crippen LogP contribution in [0.15, 0.2) is 134 Å². The summed E-state index contributed by atoms with van der Waals surface area (Å²) in [6.45, 7) is 6.38. The summed E-state index contributed by atoms with van der Waals surface area (Å²) in [5, 5.41) is 0. The lowest BCUT2D eigenvalue weighted by Crippen LogP contribution is -2.30. The molecule has 0 fully saturated rings. The van der Waals surface area contributed by atoms with Gasteiger partial charge in [-0.1, -0.05) is 225 Å². The van der Waals surface area contributed by atoms with Crippen molar-refractivity contribution >= 4 is 17.9 Å². The second-order valence-electron chi connectivity index (χ2n) is 18.5. The Kier molecular flexibility index (Phi) is 54.5. The second-order valence-corrected chi connectivity index (χ2v) is 18.5. The number of esters is 3. The Morgan fingerprint density at radius 3 is 1.00 bits per heavy atom. The molecule has 0 aromatic heterocycles. The Morgan fingerprint density at radius 2 is 0.577 bits per heavy atom. The summed E-state index contributed by atoms with van der Waals surface area (Å²) in [4.78, 5) is 38.1. The van der Waals surface area contributed by atoms with E-state index in [2.05, 4.69) is 148 Å². The van der Waals surface area contributed by atoms with Gasteiger partial charge in [0.15, 0.2) is 6.10 Å². The van der Waals surface area contributed by atoms with Crippen molar-refractivity contribution in [3.05, 3.63) is 134 Å². The highest BCUT2D eigenvalue weighted by atomic mass is 16.6. The quantitative estimate of drug-likeness (QED) is 0.0262. The fourth-order valence-electron chi connectivity index (χ4n) is 7.33. The van der Waals surface area contributed by atoms with Crippen molar-refractivity contribution in [2.24, 2.45) is 0 Å². The van der Waals surface area contributed by atoms with Gasteiger partial charge in [0.1, 0.15) is 13.2 Å². The summed E-state index contributed by atoms with van der Waals surface area (Å²) in [6, 6.07) is 0. The number of ether oxygens (including phenoxy) is 3. The van der Waals surface area contributed by atoms with E-state index in [1.54, 1.807) is 0 Å². The summed E-state index contributed by atoms with van der Waals surface area (Å²) in [5.41, 5.74) is 0. The van der Waals surface area contributed by atoms with Crippen molar-refractivity contribution in [1.29, 1.82) is 0 Å². The molecule has 0 heterocycles. The zero-order valence-electron chi connectivity index (χ0n) is 45.7. The van der Waals surface area contributed by atoms with Crippen LogP contribution in [0.3, 0.4) is 0 Å². The maximum absolute atomic E-state index is 12.8. The van der Waals surface area contributed by atoms with E-state index < -0.39 is 6.10 Å². The van der Waals surface area contributed by atoms with Crippen molar-refractivity contribution in [2.45, 2.75) is 245 Å². The second kappa shape index (κ2) is 58.1. The Balaban J connectivity index is 4.58. The van der Waals surface area contributed by atoms with Gasteiger partial charge in [-0.2, -0.15) is 0 Å². The average molecular weight is 982 g/mol. The smallest absolute Gasteiger partial charge is 0.306 e. The van der Waals surface area contributed by atoms with E-state index in [1.807, 2.05) is 6.08 Å². The normalized spacial score (nSPS) is 13.1. The molecule has 0 saturated heterocycles. The van der Waals surface area contributed by atoms with Crippen LogP contribution in [-0.2, 0) is 28.6 Å². The third-order valence-corrected chi connectivity index (χ3v) is 11.6. The minimum atomic E-state index is -0.832. The average Bonchev–Trinajstić information content (AvgIpc) is 3.37. The number of carbonyl (C=O) groups excluding carboxylic acids is 3. The molecule has 0 aliphatic heterocycles. The van der Waals surface area contributed by atoms with Gasteiger partial charge in [0.05, 0.1) is 0 Å². The summed E-state index contributed by atoms with van der Waals surface area (Å²) < 4.78 is 16.8. The molecule has 0 aliphatic rings. The van der Waals surface area contributed by atoms with Crippen LogP contribution in [0, 0.1) is 0 Å². The first-order chi connectivity index (χ1) is 35.0. The molecular formula is C65H104O6. The standard InChI is InChI=1S/C65H104O6/c1-4-7-10-13-16-19-22-25-28-30-32-34-37-39-42-45-48-51-54-57-63(66)69-60-62(71-65(68)59-56-53-50-47-44-41-36-27-24-21-18-15-12-9-6-3)61-70-64(67)58-55-52-49-46-43-40-38-35-33-31-29-26-23-20-17-14-11-8-5-2/h7,10,16-17,19-20,25-29,32-36,39-40,42-43,49,52,62H,4-6,8-9,11-15,18,21-24,30-31,37-38,41,44-48,50-51,53-61H2,1-3H3/b10-7-,19-16-,20-17-,28-25-,29-26-,34-32-,35-33-,36-27-,42-39-,43-40-,52-49-/t62-/m1/s1. The van der Waals surface area contributed by atoms with Crippen molar-refractivity contribution in [2.75, 3.05) is 13.2 Å². The van der Waals surface area contributed by atoms with E-state index in [1.165, 1.54) is 77.0 Å². The lowest BCUT2D eigenvalue weighted by molar-refractivity contribution is -0.166. The fraction of sp³-hybridized carbons (Fsp3) is 0.615. The fourth-order valence-corrected chi connectivity index (χ4v) is 7.33. The Labute approximate surface area is 436 Å². The summed E-state index contributed by atoms with van der Waals surface area (Å²) >= 11 is 0. The number of hydrogen-bond acceptors (Lipinski definition) is 6. The molecule has 0 amide bonds. The molecule has 400 valence electrons. The topological polar surface area (TPSA) is 78.9 Å². The highest BCUT2D eigenvalue weighted by Crippen LogP contribution is 2.13. The Hall–Kier alpha value is -4.45. The minimum absolute atomic E-state index is 0.126. The number of allylic oxidation sites excluding steroid dienone is 22. The van der Waals surface area contributed by atoms with E-state index in [0.717, 1.165) is 116 Å². The predicted octanol–water partition coefficient (Wildman–Crippen LogP) is 19.4. The van der Waals surface area contributed by atoms with Crippen molar-refractivity contribution < 1.29 is 28.6 Å². The van der Waals surface area contributed by atoms with E-state index in [9.17, 15) is 14.4 Å². The molecule has 0 bridgehead atoms. The number of carbonyl (C=O) groups is 3. The molecule has 0 saturated carbocycles. The van der Waals surface area contributed by atoms with Crippen molar-refractivity contribution in [3.8, 4) is 0 Å². The summed E-state index contributed by atoms with van der Waals surface area (Å²) in [7, 11) is 0. The van der Waals surface area contributed by atoms with Crippen LogP contribution < -0.4 is 0 Å². The van der Waals surface area contributed by atoms with Gasteiger partial charge >= 0.3 is 17.9 Å². The number of unbranched alkanes of at least 4 members (excludes halogenated alkanes) is 17. The van der Waals surface area contributed by atoms with E-state index in [4.69, 9.17) is 14.2 Å². The van der Waals surface area contributed by atoms with Gasteiger partial charge in [-0.25, -0.2) is 0 Å². The molecule has 6 heteroatoms. The minimum Gasteiger partial charge on any atom is -0.462 e.